The quantitative estimate of drug-likeness (QED) is 0.431. The molecule has 0 radical (unpaired) electrons. The van der Waals surface area contributed by atoms with Crippen LogP contribution in [0.5, 0.6) is 0 Å². The predicted octanol–water partition coefficient (Wildman–Crippen LogP) is 2.52. The van der Waals surface area contributed by atoms with Gasteiger partial charge in [0.2, 0.25) is 0 Å². The van der Waals surface area contributed by atoms with Crippen LogP contribution in [0.2, 0.25) is 0 Å². The van der Waals surface area contributed by atoms with Crippen LogP contribution in [0.25, 0.3) is 0 Å². The number of ether oxygens (including phenoxy) is 1. The van der Waals surface area contributed by atoms with E-state index < -0.39 is 5.97 Å². The summed E-state index contributed by atoms with van der Waals surface area (Å²) >= 11 is 0. The topological polar surface area (TPSA) is 72.5 Å². The summed E-state index contributed by atoms with van der Waals surface area (Å²) in [6.07, 6.45) is 4.38. The van der Waals surface area contributed by atoms with E-state index in [0.29, 0.717) is 11.3 Å². The number of methoxy groups -OCH3 is 1. The van der Waals surface area contributed by atoms with Crippen molar-refractivity contribution < 1.29 is 14.6 Å². The number of carbonyl (C=O) groups is 1. The lowest BCUT2D eigenvalue weighted by molar-refractivity contribution is -0.132. The van der Waals surface area contributed by atoms with E-state index in [4.69, 9.17) is 15.6 Å². The third-order valence-electron chi connectivity index (χ3n) is 2.28. The molecule has 18 heavy (non-hydrogen) atoms. The monoisotopic (exact) mass is 249 g/mol. The summed E-state index contributed by atoms with van der Waals surface area (Å²) in [7, 11) is 1.50. The second-order valence-electron chi connectivity index (χ2n) is 3.71. The molecule has 3 N–H and O–H groups in total. The molecule has 0 atom stereocenters. The van der Waals surface area contributed by atoms with Gasteiger partial charge in [0.05, 0.1) is 18.4 Å². The number of aliphatic carboxylic acids is 1. The van der Waals surface area contributed by atoms with Gasteiger partial charge in [0.25, 0.3) is 0 Å². The summed E-state index contributed by atoms with van der Waals surface area (Å²) in [6, 6.07) is 0. The molecule has 0 aromatic heterocycles. The highest BCUT2D eigenvalue weighted by Crippen LogP contribution is 2.19. The smallest absolute Gasteiger partial charge is 0.337 e. The molecule has 0 aromatic carbocycles. The maximum Gasteiger partial charge on any atom is 0.337 e. The highest BCUT2D eigenvalue weighted by molar-refractivity contribution is 5.91. The van der Waals surface area contributed by atoms with Crippen LogP contribution >= 0.6 is 0 Å². The molecule has 0 bridgehead atoms. The third kappa shape index (κ3) is 3.97. The van der Waals surface area contributed by atoms with Gasteiger partial charge in [-0.25, -0.2) is 4.79 Å². The van der Waals surface area contributed by atoms with Gasteiger partial charge in [-0.05, 0) is 26.0 Å². The molecule has 0 unspecified atom stereocenters. The number of allylic oxidation sites excluding steroid dienone is 3. The van der Waals surface area contributed by atoms with E-state index in [1.165, 1.54) is 19.3 Å². The molecule has 0 aliphatic heterocycles. The minimum absolute atomic E-state index is 0.0398. The van der Waals surface area contributed by atoms with E-state index in [-0.39, 0.29) is 11.3 Å². The van der Waals surface area contributed by atoms with Crippen molar-refractivity contribution in [3.05, 3.63) is 59.6 Å². The minimum Gasteiger partial charge on any atom is -0.497 e. The Balaban J connectivity index is 5.91. The second kappa shape index (κ2) is 7.17. The molecular formula is C14H19NO3. The Hall–Kier alpha value is -2.23. The summed E-state index contributed by atoms with van der Waals surface area (Å²) in [5.74, 6) is -0.616. The Labute approximate surface area is 107 Å². The third-order valence-corrected chi connectivity index (χ3v) is 2.28. The Morgan fingerprint density at radius 3 is 2.06 bits per heavy atom. The fourth-order valence-corrected chi connectivity index (χ4v) is 1.29. The van der Waals surface area contributed by atoms with Crippen LogP contribution in [-0.4, -0.2) is 18.2 Å². The Morgan fingerprint density at radius 1 is 1.22 bits per heavy atom. The van der Waals surface area contributed by atoms with E-state index in [2.05, 4.69) is 13.2 Å². The van der Waals surface area contributed by atoms with E-state index >= 15 is 0 Å². The van der Waals surface area contributed by atoms with Gasteiger partial charge in [-0.15, -0.1) is 0 Å². The molecule has 4 nitrogen and oxygen atoms in total. The van der Waals surface area contributed by atoms with Gasteiger partial charge >= 0.3 is 5.97 Å². The number of hydrogen-bond acceptors (Lipinski definition) is 3. The molecule has 0 saturated heterocycles. The van der Waals surface area contributed by atoms with E-state index in [9.17, 15) is 4.79 Å². The first kappa shape index (κ1) is 15.8. The van der Waals surface area contributed by atoms with E-state index in [0.717, 1.165) is 5.57 Å². The lowest BCUT2D eigenvalue weighted by atomic mass is 10.0. The fraction of sp³-hybridized carbons (Fsp3) is 0.214. The normalized spacial score (nSPS) is 12.3. The summed E-state index contributed by atoms with van der Waals surface area (Å²) in [5.41, 5.74) is 7.43. The molecule has 0 fully saturated rings. The van der Waals surface area contributed by atoms with Gasteiger partial charge in [0.15, 0.2) is 0 Å². The van der Waals surface area contributed by atoms with Gasteiger partial charge < -0.3 is 15.6 Å². The van der Waals surface area contributed by atoms with Crippen molar-refractivity contribution in [3.8, 4) is 0 Å². The zero-order valence-corrected chi connectivity index (χ0v) is 11.0. The zero-order valence-electron chi connectivity index (χ0n) is 11.0. The molecular weight excluding hydrogens is 230 g/mol. The lowest BCUT2D eigenvalue weighted by Crippen LogP contribution is -2.11. The summed E-state index contributed by atoms with van der Waals surface area (Å²) < 4.78 is 5.06. The van der Waals surface area contributed by atoms with Crippen LogP contribution < -0.4 is 5.73 Å². The van der Waals surface area contributed by atoms with Crippen molar-refractivity contribution in [2.75, 3.05) is 7.11 Å². The van der Waals surface area contributed by atoms with E-state index in [1.807, 2.05) is 13.8 Å². The molecule has 0 spiro atoms. The maximum atomic E-state index is 11.0. The van der Waals surface area contributed by atoms with Crippen molar-refractivity contribution in [3.63, 3.8) is 0 Å². The SMILES string of the molecule is C=C/C(C(=O)O)=C(/N)C(/C=C(\C=C)OC)=C(C)C. The predicted molar refractivity (Wildman–Crippen MR) is 72.7 cm³/mol. The summed E-state index contributed by atoms with van der Waals surface area (Å²) in [5, 5.41) is 9.02. The number of hydrogen-bond donors (Lipinski definition) is 2. The molecule has 98 valence electrons. The van der Waals surface area contributed by atoms with Crippen LogP contribution in [0.1, 0.15) is 13.8 Å². The van der Waals surface area contributed by atoms with Crippen LogP contribution in [0.15, 0.2) is 59.6 Å². The van der Waals surface area contributed by atoms with Crippen molar-refractivity contribution in [2.45, 2.75) is 13.8 Å². The van der Waals surface area contributed by atoms with Crippen molar-refractivity contribution >= 4 is 5.97 Å². The fourth-order valence-electron chi connectivity index (χ4n) is 1.29. The average Bonchev–Trinajstić information content (AvgIpc) is 2.30. The van der Waals surface area contributed by atoms with Crippen LogP contribution in [0.3, 0.4) is 0 Å². The van der Waals surface area contributed by atoms with Crippen molar-refractivity contribution in [1.29, 1.82) is 0 Å². The van der Waals surface area contributed by atoms with Crippen molar-refractivity contribution in [1.82, 2.24) is 0 Å². The standard InChI is InChI=1S/C14H19NO3/c1-6-10(18-5)8-12(9(3)4)13(15)11(7-2)14(16)17/h6-8H,1-2,15H2,3-5H3,(H,16,17)/b10-8+,13-11-. The Bertz CT molecular complexity index is 450. The highest BCUT2D eigenvalue weighted by Gasteiger charge is 2.12. The Kier molecular flexibility index (Phi) is 6.28. The van der Waals surface area contributed by atoms with Gasteiger partial charge in [-0.2, -0.15) is 0 Å². The highest BCUT2D eigenvalue weighted by atomic mass is 16.5. The molecule has 0 aliphatic rings. The molecule has 0 saturated carbocycles. The minimum atomic E-state index is -1.12. The number of carboxylic acid groups (broad SMARTS) is 1. The first-order valence-corrected chi connectivity index (χ1v) is 5.30. The zero-order chi connectivity index (χ0) is 14.3. The molecule has 0 aromatic rings. The lowest BCUT2D eigenvalue weighted by Gasteiger charge is -2.10. The van der Waals surface area contributed by atoms with Crippen molar-refractivity contribution in [2.24, 2.45) is 5.73 Å². The van der Waals surface area contributed by atoms with Gasteiger partial charge in [0.1, 0.15) is 5.76 Å². The van der Waals surface area contributed by atoms with E-state index in [1.54, 1.807) is 6.08 Å². The summed E-state index contributed by atoms with van der Waals surface area (Å²) in [6.45, 7) is 10.7. The first-order valence-electron chi connectivity index (χ1n) is 5.30. The van der Waals surface area contributed by atoms with Gasteiger partial charge in [-0.1, -0.05) is 24.8 Å². The average molecular weight is 249 g/mol. The number of rotatable bonds is 6. The molecule has 0 rings (SSSR count). The summed E-state index contributed by atoms with van der Waals surface area (Å²) in [4.78, 5) is 11.0. The van der Waals surface area contributed by atoms with Crippen LogP contribution in [-0.2, 0) is 9.53 Å². The second-order valence-corrected chi connectivity index (χ2v) is 3.71. The Morgan fingerprint density at radius 2 is 1.78 bits per heavy atom. The largest absolute Gasteiger partial charge is 0.497 e. The van der Waals surface area contributed by atoms with Gasteiger partial charge in [-0.3, -0.25) is 0 Å². The van der Waals surface area contributed by atoms with Crippen LogP contribution in [0.4, 0.5) is 0 Å². The molecule has 0 amide bonds. The molecule has 0 aliphatic carbocycles. The molecule has 4 heteroatoms. The first-order chi connectivity index (χ1) is 8.38. The van der Waals surface area contributed by atoms with Gasteiger partial charge in [0, 0.05) is 5.57 Å². The number of nitrogens with two attached hydrogens (primary N) is 1. The van der Waals surface area contributed by atoms with Crippen LogP contribution in [0, 0.1) is 0 Å². The maximum absolute atomic E-state index is 11.0. The number of carboxylic acids is 1. The molecule has 0 heterocycles.